The SMILES string of the molecule is CCCCC/C=C\C/C=C\CCCCCCCCC(CCCCCCCCCCCC(CCCCCCCC)OC(=O)CCC(=O)O)OC(=O)OCCCN(C)C. The van der Waals surface area contributed by atoms with Crippen molar-refractivity contribution in [3.63, 3.8) is 0 Å². The largest absolute Gasteiger partial charge is 0.508 e. The number of aliphatic carboxylic acids is 1. The van der Waals surface area contributed by atoms with Gasteiger partial charge in [-0.25, -0.2) is 4.79 Å². The van der Waals surface area contributed by atoms with Crippen LogP contribution in [0.3, 0.4) is 0 Å². The molecule has 1 N–H and O–H groups in total. The van der Waals surface area contributed by atoms with Gasteiger partial charge in [0.15, 0.2) is 0 Å². The van der Waals surface area contributed by atoms with Gasteiger partial charge in [-0.05, 0) is 104 Å². The molecule has 0 aliphatic rings. The first-order valence-corrected chi connectivity index (χ1v) is 24.0. The summed E-state index contributed by atoms with van der Waals surface area (Å²) in [5.41, 5.74) is 0. The predicted molar refractivity (Wildman–Crippen MR) is 239 cm³/mol. The third-order valence-corrected chi connectivity index (χ3v) is 10.7. The second kappa shape index (κ2) is 43.2. The van der Waals surface area contributed by atoms with Crippen LogP contribution in [0.25, 0.3) is 0 Å². The topological polar surface area (TPSA) is 102 Å². The van der Waals surface area contributed by atoms with E-state index in [0.717, 1.165) is 90.0 Å². The van der Waals surface area contributed by atoms with Crippen LogP contribution in [-0.4, -0.2) is 67.6 Å². The smallest absolute Gasteiger partial charge is 0.481 e. The zero-order valence-corrected chi connectivity index (χ0v) is 37.8. The Bertz CT molecular complexity index is 965. The van der Waals surface area contributed by atoms with E-state index in [2.05, 4.69) is 43.1 Å². The number of hydrogen-bond acceptors (Lipinski definition) is 7. The van der Waals surface area contributed by atoms with Gasteiger partial charge >= 0.3 is 18.1 Å². The molecule has 334 valence electrons. The van der Waals surface area contributed by atoms with Crippen molar-refractivity contribution in [1.29, 1.82) is 0 Å². The van der Waals surface area contributed by atoms with E-state index >= 15 is 0 Å². The van der Waals surface area contributed by atoms with Crippen LogP contribution in [0, 0.1) is 0 Å². The minimum Gasteiger partial charge on any atom is -0.481 e. The first kappa shape index (κ1) is 54.6. The molecule has 0 amide bonds. The molecule has 0 radical (unpaired) electrons. The zero-order valence-electron chi connectivity index (χ0n) is 37.8. The molecule has 57 heavy (non-hydrogen) atoms. The molecule has 0 aromatic carbocycles. The second-order valence-electron chi connectivity index (χ2n) is 16.7. The van der Waals surface area contributed by atoms with Crippen molar-refractivity contribution in [3.8, 4) is 0 Å². The zero-order chi connectivity index (χ0) is 41.9. The summed E-state index contributed by atoms with van der Waals surface area (Å²) >= 11 is 0. The number of hydrogen-bond donors (Lipinski definition) is 1. The molecule has 2 atom stereocenters. The normalized spacial score (nSPS) is 12.8. The van der Waals surface area contributed by atoms with Gasteiger partial charge in [0.1, 0.15) is 12.2 Å². The van der Waals surface area contributed by atoms with Gasteiger partial charge in [0.05, 0.1) is 19.4 Å². The lowest BCUT2D eigenvalue weighted by atomic mass is 10.0. The number of allylic oxidation sites excluding steroid dienone is 4. The number of ether oxygens (including phenoxy) is 3. The first-order valence-electron chi connectivity index (χ1n) is 24.0. The van der Waals surface area contributed by atoms with Crippen LogP contribution >= 0.6 is 0 Å². The molecular formula is C49H91NO7. The van der Waals surface area contributed by atoms with Crippen molar-refractivity contribution in [3.05, 3.63) is 24.3 Å². The number of carboxylic acids is 1. The van der Waals surface area contributed by atoms with Gasteiger partial charge < -0.3 is 24.2 Å². The van der Waals surface area contributed by atoms with Crippen molar-refractivity contribution >= 4 is 18.1 Å². The van der Waals surface area contributed by atoms with Gasteiger partial charge in [-0.1, -0.05) is 154 Å². The Hall–Kier alpha value is -2.35. The lowest BCUT2D eigenvalue weighted by molar-refractivity contribution is -0.152. The third kappa shape index (κ3) is 43.1. The minimum atomic E-state index is -0.959. The van der Waals surface area contributed by atoms with E-state index in [0.29, 0.717) is 6.61 Å². The lowest BCUT2D eigenvalue weighted by Crippen LogP contribution is -2.21. The molecule has 0 fully saturated rings. The molecule has 0 aliphatic carbocycles. The Balaban J connectivity index is 4.29. The van der Waals surface area contributed by atoms with E-state index in [1.807, 2.05) is 14.1 Å². The average molecular weight is 806 g/mol. The van der Waals surface area contributed by atoms with Crippen LogP contribution in [-0.2, 0) is 23.8 Å². The molecule has 8 heteroatoms. The highest BCUT2D eigenvalue weighted by Gasteiger charge is 2.17. The second-order valence-corrected chi connectivity index (χ2v) is 16.7. The quantitative estimate of drug-likeness (QED) is 0.0369. The number of carbonyl (C=O) groups excluding carboxylic acids is 2. The van der Waals surface area contributed by atoms with E-state index in [1.54, 1.807) is 0 Å². The summed E-state index contributed by atoms with van der Waals surface area (Å²) in [4.78, 5) is 37.6. The van der Waals surface area contributed by atoms with E-state index in [-0.39, 0.29) is 31.0 Å². The van der Waals surface area contributed by atoms with Crippen molar-refractivity contribution in [2.24, 2.45) is 0 Å². The number of unbranched alkanes of at least 4 members (excludes halogenated alkanes) is 22. The maximum absolute atomic E-state index is 12.5. The fraction of sp³-hybridized carbons (Fsp3) is 0.857. The molecular weight excluding hydrogens is 715 g/mol. The van der Waals surface area contributed by atoms with Gasteiger partial charge in [-0.3, -0.25) is 9.59 Å². The van der Waals surface area contributed by atoms with E-state index in [9.17, 15) is 14.4 Å². The summed E-state index contributed by atoms with van der Waals surface area (Å²) in [6.45, 7) is 5.76. The number of carboxylic acid groups (broad SMARTS) is 1. The van der Waals surface area contributed by atoms with Gasteiger partial charge in [-0.15, -0.1) is 0 Å². The molecule has 0 aromatic heterocycles. The van der Waals surface area contributed by atoms with Crippen molar-refractivity contribution in [2.45, 2.75) is 244 Å². The maximum Gasteiger partial charge on any atom is 0.508 e. The van der Waals surface area contributed by atoms with Gasteiger partial charge in [-0.2, -0.15) is 0 Å². The van der Waals surface area contributed by atoms with Gasteiger partial charge in [0.25, 0.3) is 0 Å². The summed E-state index contributed by atoms with van der Waals surface area (Å²) in [5.74, 6) is -1.33. The molecule has 8 nitrogen and oxygen atoms in total. The summed E-state index contributed by atoms with van der Waals surface area (Å²) in [6, 6.07) is 0. The van der Waals surface area contributed by atoms with E-state index < -0.39 is 12.1 Å². The lowest BCUT2D eigenvalue weighted by Gasteiger charge is -2.18. The summed E-state index contributed by atoms with van der Waals surface area (Å²) in [6.07, 6.45) is 45.2. The Morgan fingerprint density at radius 2 is 0.912 bits per heavy atom. The Morgan fingerprint density at radius 3 is 1.37 bits per heavy atom. The summed E-state index contributed by atoms with van der Waals surface area (Å²) in [7, 11) is 4.04. The average Bonchev–Trinajstić information content (AvgIpc) is 3.18. The highest BCUT2D eigenvalue weighted by Crippen LogP contribution is 2.20. The predicted octanol–water partition coefficient (Wildman–Crippen LogP) is 14.5. The van der Waals surface area contributed by atoms with Gasteiger partial charge in [0.2, 0.25) is 0 Å². The fourth-order valence-electron chi connectivity index (χ4n) is 7.18. The van der Waals surface area contributed by atoms with Crippen molar-refractivity contribution < 1.29 is 33.7 Å². The summed E-state index contributed by atoms with van der Waals surface area (Å²) in [5, 5.41) is 8.91. The van der Waals surface area contributed by atoms with Crippen LogP contribution in [0.2, 0.25) is 0 Å². The molecule has 0 rings (SSSR count). The minimum absolute atomic E-state index is 0.0450. The van der Waals surface area contributed by atoms with Crippen LogP contribution in [0.5, 0.6) is 0 Å². The first-order chi connectivity index (χ1) is 27.8. The molecule has 0 aromatic rings. The molecule has 0 saturated carbocycles. The fourth-order valence-corrected chi connectivity index (χ4v) is 7.18. The standard InChI is InChI=1S/C49H91NO7/c1-5-7-9-11-13-14-15-16-17-18-19-20-22-26-30-34-39-46(57-49(54)55-44-36-43-50(3)4)40-35-31-27-24-21-23-25-29-33-38-45(37-32-28-12-10-8-6-2)56-48(53)42-41-47(51)52/h13-14,16-17,45-46H,5-12,15,18-44H2,1-4H3,(H,51,52)/b14-13-,17-16-. The highest BCUT2D eigenvalue weighted by atomic mass is 16.7. The number of carbonyl (C=O) groups is 3. The number of rotatable bonds is 43. The van der Waals surface area contributed by atoms with Crippen LogP contribution in [0.15, 0.2) is 24.3 Å². The van der Waals surface area contributed by atoms with E-state index in [4.69, 9.17) is 19.3 Å². The van der Waals surface area contributed by atoms with Crippen LogP contribution in [0.4, 0.5) is 4.79 Å². The molecule has 2 unspecified atom stereocenters. The van der Waals surface area contributed by atoms with E-state index in [1.165, 1.54) is 122 Å². The monoisotopic (exact) mass is 806 g/mol. The molecule has 0 bridgehead atoms. The van der Waals surface area contributed by atoms with Crippen molar-refractivity contribution in [2.75, 3.05) is 27.2 Å². The third-order valence-electron chi connectivity index (χ3n) is 10.7. The number of nitrogens with zero attached hydrogens (tertiary/aromatic N) is 1. The van der Waals surface area contributed by atoms with Crippen molar-refractivity contribution in [1.82, 2.24) is 4.90 Å². The van der Waals surface area contributed by atoms with Crippen LogP contribution < -0.4 is 0 Å². The Morgan fingerprint density at radius 1 is 0.509 bits per heavy atom. The maximum atomic E-state index is 12.5. The molecule has 0 saturated heterocycles. The number of esters is 1. The van der Waals surface area contributed by atoms with Crippen LogP contribution in [0.1, 0.15) is 232 Å². The highest BCUT2D eigenvalue weighted by molar-refractivity contribution is 5.76. The molecule has 0 heterocycles. The molecule has 0 aliphatic heterocycles. The van der Waals surface area contributed by atoms with Gasteiger partial charge in [0, 0.05) is 6.54 Å². The summed E-state index contributed by atoms with van der Waals surface area (Å²) < 4.78 is 16.9. The Kier molecular flexibility index (Phi) is 41.5. The molecule has 0 spiro atoms. The Labute approximate surface area is 351 Å².